The largest absolute Gasteiger partial charge is 0.439 e. The van der Waals surface area contributed by atoms with Crippen LogP contribution in [0.3, 0.4) is 0 Å². The number of alkyl halides is 2. The summed E-state index contributed by atoms with van der Waals surface area (Å²) >= 11 is 0. The highest BCUT2D eigenvalue weighted by atomic mass is 19.3. The first-order chi connectivity index (χ1) is 12.0. The van der Waals surface area contributed by atoms with Gasteiger partial charge < -0.3 is 9.64 Å². The summed E-state index contributed by atoms with van der Waals surface area (Å²) in [5.41, 5.74) is 4.02. The van der Waals surface area contributed by atoms with E-state index in [4.69, 9.17) is 4.74 Å². The van der Waals surface area contributed by atoms with Crippen molar-refractivity contribution in [3.63, 3.8) is 0 Å². The topological polar surface area (TPSA) is 37.7 Å². The number of aryl methyl sites for hydroxylation is 1. The SMILES string of the molecule is CC1=C(c2ccc(Oc3ncccc3C(F)F)cc2C)N(C)CN=C1. The van der Waals surface area contributed by atoms with Crippen LogP contribution >= 0.6 is 0 Å². The van der Waals surface area contributed by atoms with Crippen LogP contribution in [0.4, 0.5) is 8.78 Å². The number of hydrogen-bond acceptors (Lipinski definition) is 4. The van der Waals surface area contributed by atoms with Gasteiger partial charge in [-0.1, -0.05) is 0 Å². The lowest BCUT2D eigenvalue weighted by Crippen LogP contribution is -2.22. The van der Waals surface area contributed by atoms with Gasteiger partial charge in [0.25, 0.3) is 6.43 Å². The fraction of sp³-hybridized carbons (Fsp3) is 0.263. The second kappa shape index (κ2) is 7.01. The lowest BCUT2D eigenvalue weighted by Gasteiger charge is -2.27. The molecule has 0 aliphatic carbocycles. The van der Waals surface area contributed by atoms with E-state index >= 15 is 0 Å². The van der Waals surface area contributed by atoms with E-state index in [-0.39, 0.29) is 11.4 Å². The fourth-order valence-electron chi connectivity index (χ4n) is 2.88. The minimum atomic E-state index is -2.63. The Bertz CT molecular complexity index is 846. The molecule has 2 heterocycles. The number of pyridine rings is 1. The molecule has 0 atom stereocenters. The average molecular weight is 343 g/mol. The van der Waals surface area contributed by atoms with Gasteiger partial charge in [-0.2, -0.15) is 0 Å². The van der Waals surface area contributed by atoms with Gasteiger partial charge in [0.2, 0.25) is 5.88 Å². The monoisotopic (exact) mass is 343 g/mol. The molecule has 0 bridgehead atoms. The van der Waals surface area contributed by atoms with Crippen LogP contribution in [0.2, 0.25) is 0 Å². The van der Waals surface area contributed by atoms with Gasteiger partial charge in [-0.15, -0.1) is 0 Å². The second-order valence-corrected chi connectivity index (χ2v) is 5.96. The Kier molecular flexibility index (Phi) is 4.79. The highest BCUT2D eigenvalue weighted by molar-refractivity contribution is 5.91. The van der Waals surface area contributed by atoms with Crippen molar-refractivity contribution >= 4 is 11.9 Å². The van der Waals surface area contributed by atoms with Crippen molar-refractivity contribution in [3.8, 4) is 11.6 Å². The van der Waals surface area contributed by atoms with E-state index in [1.807, 2.05) is 39.2 Å². The predicted molar refractivity (Wildman–Crippen MR) is 94.2 cm³/mol. The number of hydrogen-bond donors (Lipinski definition) is 0. The number of allylic oxidation sites excluding steroid dienone is 1. The average Bonchev–Trinajstić information content (AvgIpc) is 2.57. The Morgan fingerprint density at radius 1 is 1.20 bits per heavy atom. The highest BCUT2D eigenvalue weighted by Gasteiger charge is 2.18. The van der Waals surface area contributed by atoms with E-state index in [1.54, 1.807) is 6.07 Å². The summed E-state index contributed by atoms with van der Waals surface area (Å²) in [6.07, 6.45) is 0.668. The Labute approximate surface area is 145 Å². The first-order valence-corrected chi connectivity index (χ1v) is 7.91. The quantitative estimate of drug-likeness (QED) is 0.798. The van der Waals surface area contributed by atoms with E-state index in [0.29, 0.717) is 12.4 Å². The number of halogens is 2. The molecule has 25 heavy (non-hydrogen) atoms. The normalized spacial score (nSPS) is 14.4. The van der Waals surface area contributed by atoms with Crippen molar-refractivity contribution in [2.75, 3.05) is 13.7 Å². The Morgan fingerprint density at radius 2 is 2.00 bits per heavy atom. The molecular weight excluding hydrogens is 324 g/mol. The molecule has 0 amide bonds. The smallest absolute Gasteiger partial charge is 0.269 e. The molecule has 1 aromatic carbocycles. The zero-order valence-corrected chi connectivity index (χ0v) is 14.3. The second-order valence-electron chi connectivity index (χ2n) is 5.96. The van der Waals surface area contributed by atoms with Crippen LogP contribution in [-0.2, 0) is 0 Å². The molecule has 0 fully saturated rings. The molecule has 4 nitrogen and oxygen atoms in total. The fourth-order valence-corrected chi connectivity index (χ4v) is 2.88. The van der Waals surface area contributed by atoms with Gasteiger partial charge in [0.1, 0.15) is 12.4 Å². The van der Waals surface area contributed by atoms with Crippen LogP contribution in [0.15, 0.2) is 47.1 Å². The van der Waals surface area contributed by atoms with Crippen LogP contribution in [0.25, 0.3) is 5.70 Å². The third-order valence-electron chi connectivity index (χ3n) is 4.04. The maximum atomic E-state index is 13.1. The lowest BCUT2D eigenvalue weighted by atomic mass is 10.0. The van der Waals surface area contributed by atoms with Crippen molar-refractivity contribution in [1.82, 2.24) is 9.88 Å². The van der Waals surface area contributed by atoms with E-state index in [2.05, 4.69) is 14.9 Å². The van der Waals surface area contributed by atoms with Crippen molar-refractivity contribution < 1.29 is 13.5 Å². The van der Waals surface area contributed by atoms with E-state index in [0.717, 1.165) is 22.4 Å². The van der Waals surface area contributed by atoms with Gasteiger partial charge in [-0.3, -0.25) is 4.99 Å². The first-order valence-electron chi connectivity index (χ1n) is 7.91. The minimum Gasteiger partial charge on any atom is -0.439 e. The first kappa shape index (κ1) is 17.1. The summed E-state index contributed by atoms with van der Waals surface area (Å²) in [4.78, 5) is 10.3. The summed E-state index contributed by atoms with van der Waals surface area (Å²) in [5.74, 6) is 0.411. The van der Waals surface area contributed by atoms with Crippen molar-refractivity contribution in [1.29, 1.82) is 0 Å². The van der Waals surface area contributed by atoms with Gasteiger partial charge in [0.15, 0.2) is 0 Å². The zero-order chi connectivity index (χ0) is 18.0. The molecule has 1 aliphatic heterocycles. The minimum absolute atomic E-state index is 0.0676. The summed E-state index contributed by atoms with van der Waals surface area (Å²) < 4.78 is 31.7. The van der Waals surface area contributed by atoms with Crippen LogP contribution in [-0.4, -0.2) is 29.8 Å². The van der Waals surface area contributed by atoms with Gasteiger partial charge in [0.05, 0.1) is 5.56 Å². The third-order valence-corrected chi connectivity index (χ3v) is 4.04. The van der Waals surface area contributed by atoms with Gasteiger partial charge in [-0.05, 0) is 55.3 Å². The molecule has 0 N–H and O–H groups in total. The molecule has 1 aromatic heterocycles. The predicted octanol–water partition coefficient (Wildman–Crippen LogP) is 4.82. The van der Waals surface area contributed by atoms with Gasteiger partial charge in [0, 0.05) is 30.7 Å². The van der Waals surface area contributed by atoms with Crippen LogP contribution in [0.5, 0.6) is 11.6 Å². The molecule has 130 valence electrons. The Hall–Kier alpha value is -2.76. The zero-order valence-electron chi connectivity index (χ0n) is 14.3. The van der Waals surface area contributed by atoms with E-state index in [1.165, 1.54) is 18.3 Å². The summed E-state index contributed by atoms with van der Waals surface area (Å²) in [6.45, 7) is 4.59. The van der Waals surface area contributed by atoms with Crippen molar-refractivity contribution in [3.05, 3.63) is 58.8 Å². The van der Waals surface area contributed by atoms with Gasteiger partial charge in [-0.25, -0.2) is 13.8 Å². The van der Waals surface area contributed by atoms with E-state index < -0.39 is 6.43 Å². The van der Waals surface area contributed by atoms with Crippen molar-refractivity contribution in [2.45, 2.75) is 20.3 Å². The molecule has 0 unspecified atom stereocenters. The summed E-state index contributed by atoms with van der Waals surface area (Å²) in [5, 5.41) is 0. The molecule has 1 aliphatic rings. The number of nitrogens with zero attached hydrogens (tertiary/aromatic N) is 3. The molecule has 6 heteroatoms. The standard InChI is InChI=1S/C19H19F2N3O/c1-12-9-14(25-19-16(18(20)21)5-4-8-23-19)6-7-15(12)17-13(2)10-22-11-24(17)3/h4-10,18H,11H2,1-3H3. The lowest BCUT2D eigenvalue weighted by molar-refractivity contribution is 0.147. The molecule has 0 spiro atoms. The molecule has 0 saturated carbocycles. The van der Waals surface area contributed by atoms with Crippen LogP contribution in [0.1, 0.15) is 30.0 Å². The maximum Gasteiger partial charge on any atom is 0.269 e. The summed E-state index contributed by atoms with van der Waals surface area (Å²) in [7, 11) is 1.99. The van der Waals surface area contributed by atoms with E-state index in [9.17, 15) is 8.78 Å². The Morgan fingerprint density at radius 3 is 2.68 bits per heavy atom. The van der Waals surface area contributed by atoms with Crippen LogP contribution in [0, 0.1) is 6.92 Å². The highest BCUT2D eigenvalue weighted by Crippen LogP contribution is 2.33. The molecule has 0 saturated heterocycles. The van der Waals surface area contributed by atoms with Crippen LogP contribution < -0.4 is 4.74 Å². The molecule has 2 aromatic rings. The number of aliphatic imine (C=N–C) groups is 1. The maximum absolute atomic E-state index is 13.1. The summed E-state index contributed by atoms with van der Waals surface area (Å²) in [6, 6.07) is 8.33. The number of aromatic nitrogens is 1. The van der Waals surface area contributed by atoms with Crippen molar-refractivity contribution in [2.24, 2.45) is 4.99 Å². The van der Waals surface area contributed by atoms with Gasteiger partial charge >= 0.3 is 0 Å². The number of ether oxygens (including phenoxy) is 1. The number of rotatable bonds is 4. The number of benzene rings is 1. The molecular formula is C19H19F2N3O. The molecule has 3 rings (SSSR count). The molecule has 0 radical (unpaired) electrons. The Balaban J connectivity index is 1.92. The third kappa shape index (κ3) is 3.52.